The minimum Gasteiger partial charge on any atom is -0.453 e. The number of carbonyl (C=O) groups excluding carboxylic acids is 5. The van der Waals surface area contributed by atoms with Crippen LogP contribution in [-0.2, 0) is 28.7 Å². The van der Waals surface area contributed by atoms with Crippen molar-refractivity contribution < 1.29 is 28.7 Å². The highest BCUT2D eigenvalue weighted by Crippen LogP contribution is 2.13. The summed E-state index contributed by atoms with van der Waals surface area (Å²) in [5.41, 5.74) is -0.774. The molecule has 0 heterocycles. The number of rotatable bonds is 35. The molecule has 1 unspecified atom stereocenters. The van der Waals surface area contributed by atoms with Gasteiger partial charge in [-0.1, -0.05) is 84.0 Å². The smallest absolute Gasteiger partial charge is 0.397 e. The molecule has 13 heteroatoms. The summed E-state index contributed by atoms with van der Waals surface area (Å²) in [7, 11) is 0. The van der Waals surface area contributed by atoms with Gasteiger partial charge in [0.1, 0.15) is 11.6 Å². The van der Waals surface area contributed by atoms with Crippen molar-refractivity contribution in [3.8, 4) is 0 Å². The molecule has 0 aliphatic rings. The van der Waals surface area contributed by atoms with Crippen molar-refractivity contribution in [3.05, 3.63) is 13.3 Å². The highest BCUT2D eigenvalue weighted by atomic mass is 32.2. The Bertz CT molecular complexity index is 964. The first-order chi connectivity index (χ1) is 25.5. The van der Waals surface area contributed by atoms with Crippen LogP contribution in [-0.4, -0.2) is 98.6 Å². The van der Waals surface area contributed by atoms with Crippen LogP contribution in [0.4, 0.5) is 0 Å². The van der Waals surface area contributed by atoms with E-state index in [-0.39, 0.29) is 24.3 Å². The monoisotopic (exact) mass is 769 g/mol. The minimum atomic E-state index is -1.01. The summed E-state index contributed by atoms with van der Waals surface area (Å²) in [5, 5.41) is 17.7. The van der Waals surface area contributed by atoms with Crippen molar-refractivity contribution in [2.24, 2.45) is 0 Å². The van der Waals surface area contributed by atoms with Gasteiger partial charge >= 0.3 is 11.9 Å². The van der Waals surface area contributed by atoms with Crippen LogP contribution in [0, 0.1) is 13.3 Å². The van der Waals surface area contributed by atoms with Crippen LogP contribution in [0.1, 0.15) is 143 Å². The summed E-state index contributed by atoms with van der Waals surface area (Å²) in [6.45, 7) is 15.0. The van der Waals surface area contributed by atoms with Crippen molar-refractivity contribution >= 4 is 41.4 Å². The summed E-state index contributed by atoms with van der Waals surface area (Å²) in [4.78, 5) is 60.7. The third-order valence-corrected chi connectivity index (χ3v) is 9.35. The Kier molecular flexibility index (Phi) is 33.7. The topological polar surface area (TPSA) is 167 Å². The maximum Gasteiger partial charge on any atom is 0.397 e. The highest BCUT2D eigenvalue weighted by molar-refractivity contribution is 7.99. The first kappa shape index (κ1) is 50.6. The number of esters is 1. The fourth-order valence-electron chi connectivity index (χ4n) is 5.38. The van der Waals surface area contributed by atoms with E-state index in [1.807, 2.05) is 6.42 Å². The zero-order valence-electron chi connectivity index (χ0n) is 33.8. The minimum absolute atomic E-state index is 0.0459. The van der Waals surface area contributed by atoms with E-state index in [4.69, 9.17) is 4.74 Å². The zero-order chi connectivity index (χ0) is 39.4. The molecule has 0 spiro atoms. The summed E-state index contributed by atoms with van der Waals surface area (Å²) in [6.07, 6.45) is 22.3. The molecule has 308 valence electrons. The van der Waals surface area contributed by atoms with E-state index in [0.29, 0.717) is 25.3 Å². The Balaban J connectivity index is 3.85. The van der Waals surface area contributed by atoms with Crippen molar-refractivity contribution in [1.29, 1.82) is 0 Å². The van der Waals surface area contributed by atoms with Gasteiger partial charge in [0.15, 0.2) is 0 Å². The van der Waals surface area contributed by atoms with Gasteiger partial charge in [-0.3, -0.25) is 19.2 Å². The summed E-state index contributed by atoms with van der Waals surface area (Å²) in [6, 6.07) is -0.537. The van der Waals surface area contributed by atoms with Gasteiger partial charge in [0.25, 0.3) is 0 Å². The molecule has 2 radical (unpaired) electrons. The van der Waals surface area contributed by atoms with Gasteiger partial charge in [-0.2, -0.15) is 11.8 Å². The maximum absolute atomic E-state index is 12.9. The van der Waals surface area contributed by atoms with Gasteiger partial charge in [-0.25, -0.2) is 4.79 Å². The maximum atomic E-state index is 12.9. The molecule has 0 aliphatic carbocycles. The Labute approximate surface area is 326 Å². The molecular weight excluding hydrogens is 693 g/mol. The Hall–Kier alpha value is -2.38. The van der Waals surface area contributed by atoms with Gasteiger partial charge in [-0.05, 0) is 98.2 Å². The summed E-state index contributed by atoms with van der Waals surface area (Å²) < 4.78 is 4.96. The number of carbonyl (C=O) groups is 5. The largest absolute Gasteiger partial charge is 0.453 e. The number of thioether (sulfide) groups is 1. The highest BCUT2D eigenvalue weighted by Gasteiger charge is 2.23. The number of nitrogens with one attached hydrogen (secondary N) is 6. The van der Waals surface area contributed by atoms with Gasteiger partial charge in [0.05, 0.1) is 6.54 Å². The fourth-order valence-corrected chi connectivity index (χ4v) is 6.15. The molecule has 0 aromatic heterocycles. The standard InChI is InChI=1S/C40H76N6O6S/c1-6-8-9-10-11-12-13-14-15-16-17-18-19-24-35(47)46-34(33-53-31-7-2)37(49)44-30-23-28-42-26-21-20-25-41-27-22-29-43-36(48)32-45-38(50)39(51)52-40(3,4)5/h7,34,41-42H,2,6,8-33H2,1,3-5H3,(H,43,48)(H,44,49)(H,45,50)(H,46,47). The van der Waals surface area contributed by atoms with E-state index >= 15 is 0 Å². The van der Waals surface area contributed by atoms with Crippen LogP contribution in [0.25, 0.3) is 0 Å². The molecule has 0 aromatic carbocycles. The van der Waals surface area contributed by atoms with Crippen molar-refractivity contribution in [2.75, 3.05) is 57.3 Å². The molecule has 0 fully saturated rings. The fraction of sp³-hybridized carbons (Fsp3) is 0.825. The Morgan fingerprint density at radius 1 is 0.642 bits per heavy atom. The average molecular weight is 769 g/mol. The van der Waals surface area contributed by atoms with Crippen molar-refractivity contribution in [2.45, 2.75) is 155 Å². The van der Waals surface area contributed by atoms with Gasteiger partial charge in [0.2, 0.25) is 17.7 Å². The van der Waals surface area contributed by atoms with Crippen LogP contribution >= 0.6 is 11.8 Å². The lowest BCUT2D eigenvalue weighted by atomic mass is 10.0. The number of unbranched alkanes of at least 4 members (excludes halogenated alkanes) is 13. The molecule has 0 bridgehead atoms. The van der Waals surface area contributed by atoms with Gasteiger partial charge < -0.3 is 36.6 Å². The van der Waals surface area contributed by atoms with E-state index < -0.39 is 23.5 Å². The number of ether oxygens (including phenoxy) is 1. The summed E-state index contributed by atoms with van der Waals surface area (Å²) in [5.74, 6) is -1.22. The molecule has 0 saturated heterocycles. The Morgan fingerprint density at radius 3 is 1.68 bits per heavy atom. The number of hydrogen-bond donors (Lipinski definition) is 6. The third-order valence-electron chi connectivity index (χ3n) is 8.31. The van der Waals surface area contributed by atoms with E-state index in [0.717, 1.165) is 70.5 Å². The second kappa shape index (κ2) is 35.3. The molecule has 6 N–H and O–H groups in total. The Morgan fingerprint density at radius 2 is 1.15 bits per heavy atom. The summed E-state index contributed by atoms with van der Waals surface area (Å²) >= 11 is 1.59. The predicted molar refractivity (Wildman–Crippen MR) is 218 cm³/mol. The molecule has 0 saturated carbocycles. The number of hydrogen-bond acceptors (Lipinski definition) is 9. The second-order valence-electron chi connectivity index (χ2n) is 14.7. The van der Waals surface area contributed by atoms with Gasteiger partial charge in [0, 0.05) is 25.3 Å². The molecular formula is C40H76N6O6S. The number of amides is 4. The lowest BCUT2D eigenvalue weighted by Crippen LogP contribution is -2.48. The average Bonchev–Trinajstić information content (AvgIpc) is 3.11. The van der Waals surface area contributed by atoms with E-state index in [9.17, 15) is 24.0 Å². The molecule has 0 rings (SSSR count). The van der Waals surface area contributed by atoms with Crippen molar-refractivity contribution in [3.63, 3.8) is 0 Å². The van der Waals surface area contributed by atoms with E-state index in [2.05, 4.69) is 45.7 Å². The molecule has 4 amide bonds. The van der Waals surface area contributed by atoms with Crippen LogP contribution < -0.4 is 31.9 Å². The third kappa shape index (κ3) is 35.1. The first-order valence-electron chi connectivity index (χ1n) is 20.4. The van der Waals surface area contributed by atoms with Crippen LogP contribution in [0.3, 0.4) is 0 Å². The van der Waals surface area contributed by atoms with Crippen molar-refractivity contribution in [1.82, 2.24) is 31.9 Å². The zero-order valence-corrected chi connectivity index (χ0v) is 34.6. The first-order valence-corrected chi connectivity index (χ1v) is 21.6. The van der Waals surface area contributed by atoms with E-state index in [1.165, 1.54) is 70.6 Å². The second-order valence-corrected chi connectivity index (χ2v) is 15.8. The van der Waals surface area contributed by atoms with Crippen LogP contribution in [0.2, 0.25) is 0 Å². The molecule has 1 atom stereocenters. The normalized spacial score (nSPS) is 11.9. The lowest BCUT2D eigenvalue weighted by Gasteiger charge is -2.18. The van der Waals surface area contributed by atoms with Crippen LogP contribution in [0.5, 0.6) is 0 Å². The predicted octanol–water partition coefficient (Wildman–Crippen LogP) is 5.15. The molecule has 53 heavy (non-hydrogen) atoms. The SMILES string of the molecule is [CH2][CH]CSCC(NC(=O)CCCCCCCCCCCCCCC)C(=O)NCCCNCCCCNCCCNC(=O)CNC(=O)C(=O)OC(C)(C)C. The molecule has 0 aliphatic heterocycles. The van der Waals surface area contributed by atoms with E-state index in [1.54, 1.807) is 32.5 Å². The van der Waals surface area contributed by atoms with Gasteiger partial charge in [-0.15, -0.1) is 0 Å². The van der Waals surface area contributed by atoms with Crippen LogP contribution in [0.15, 0.2) is 0 Å². The molecule has 0 aromatic rings. The quantitative estimate of drug-likeness (QED) is 0.0290. The lowest BCUT2D eigenvalue weighted by molar-refractivity contribution is -0.163. The molecule has 12 nitrogen and oxygen atoms in total.